The normalized spacial score (nSPS) is 21.2. The second kappa shape index (κ2) is 4.97. The van der Waals surface area contributed by atoms with Crippen molar-refractivity contribution in [2.24, 2.45) is 0 Å². The van der Waals surface area contributed by atoms with Crippen LogP contribution in [0, 0.1) is 0 Å². The maximum Gasteiger partial charge on any atom is 0.320 e. The highest BCUT2D eigenvalue weighted by molar-refractivity contribution is 9.10. The lowest BCUT2D eigenvalue weighted by Crippen LogP contribution is -2.35. The zero-order chi connectivity index (χ0) is 11.5. The summed E-state index contributed by atoms with van der Waals surface area (Å²) in [4.78, 5) is 13.1. The molecule has 1 aliphatic heterocycles. The number of carboxylic acids is 1. The molecular weight excluding hydrogens is 270 g/mol. The fraction of sp³-hybridized carbons (Fsp3) is 0.417. The van der Waals surface area contributed by atoms with Crippen molar-refractivity contribution in [3.05, 3.63) is 34.3 Å². The summed E-state index contributed by atoms with van der Waals surface area (Å²) in [7, 11) is 0. The minimum absolute atomic E-state index is 0.313. The molecule has 0 spiro atoms. The van der Waals surface area contributed by atoms with Gasteiger partial charge in [-0.1, -0.05) is 34.1 Å². The summed E-state index contributed by atoms with van der Waals surface area (Å²) in [5.41, 5.74) is 1.15. The molecule has 0 radical (unpaired) electrons. The van der Waals surface area contributed by atoms with Crippen molar-refractivity contribution in [1.29, 1.82) is 0 Å². The summed E-state index contributed by atoms with van der Waals surface area (Å²) in [5, 5.41) is 9.08. The van der Waals surface area contributed by atoms with Crippen molar-refractivity contribution in [2.75, 3.05) is 6.54 Å². The number of halogens is 1. The van der Waals surface area contributed by atoms with Crippen LogP contribution in [0.15, 0.2) is 28.7 Å². The van der Waals surface area contributed by atoms with E-state index in [-0.39, 0.29) is 6.04 Å². The van der Waals surface area contributed by atoms with Gasteiger partial charge in [0.05, 0.1) is 0 Å². The molecular formula is C12H14BrNO2. The predicted molar refractivity (Wildman–Crippen MR) is 65.2 cm³/mol. The molecule has 1 fully saturated rings. The van der Waals surface area contributed by atoms with Crippen LogP contribution < -0.4 is 0 Å². The average molecular weight is 284 g/mol. The van der Waals surface area contributed by atoms with Crippen LogP contribution in [-0.2, 0) is 11.3 Å². The molecule has 1 saturated heterocycles. The summed E-state index contributed by atoms with van der Waals surface area (Å²) in [6.45, 7) is 1.58. The Hall–Kier alpha value is -0.870. The summed E-state index contributed by atoms with van der Waals surface area (Å²) < 4.78 is 1.05. The number of hydrogen-bond donors (Lipinski definition) is 1. The molecule has 0 amide bonds. The van der Waals surface area contributed by atoms with E-state index in [2.05, 4.69) is 15.9 Å². The summed E-state index contributed by atoms with van der Waals surface area (Å²) >= 11 is 3.49. The Balaban J connectivity index is 2.10. The van der Waals surface area contributed by atoms with Crippen LogP contribution in [-0.4, -0.2) is 28.6 Å². The average Bonchev–Trinajstić information content (AvgIpc) is 2.69. The van der Waals surface area contributed by atoms with Crippen molar-refractivity contribution < 1.29 is 9.90 Å². The summed E-state index contributed by atoms with van der Waals surface area (Å²) in [6.07, 6.45) is 1.74. The first-order chi connectivity index (χ1) is 7.68. The number of benzene rings is 1. The number of carboxylic acid groups (broad SMARTS) is 1. The molecule has 1 N–H and O–H groups in total. The summed E-state index contributed by atoms with van der Waals surface area (Å²) in [6, 6.07) is 7.65. The van der Waals surface area contributed by atoms with Gasteiger partial charge in [-0.15, -0.1) is 0 Å². The molecule has 4 heteroatoms. The van der Waals surface area contributed by atoms with Crippen LogP contribution in [0.1, 0.15) is 18.4 Å². The van der Waals surface area contributed by atoms with E-state index < -0.39 is 5.97 Å². The number of likely N-dealkylation sites (tertiary alicyclic amines) is 1. The Morgan fingerprint density at radius 1 is 1.50 bits per heavy atom. The van der Waals surface area contributed by atoms with E-state index in [1.165, 1.54) is 0 Å². The van der Waals surface area contributed by atoms with Crippen molar-refractivity contribution in [2.45, 2.75) is 25.4 Å². The third kappa shape index (κ3) is 2.44. The molecule has 0 aliphatic carbocycles. The van der Waals surface area contributed by atoms with E-state index in [9.17, 15) is 4.79 Å². The standard InChI is InChI=1S/C12H14BrNO2/c13-10-5-2-1-4-9(10)8-14-7-3-6-11(14)12(15)16/h1-2,4-5,11H,3,6-8H2,(H,15,16)/t11-/m0/s1. The minimum atomic E-state index is -0.704. The molecule has 0 saturated carbocycles. The molecule has 3 nitrogen and oxygen atoms in total. The Labute approximate surface area is 103 Å². The van der Waals surface area contributed by atoms with Crippen molar-refractivity contribution in [1.82, 2.24) is 4.90 Å². The smallest absolute Gasteiger partial charge is 0.320 e. The first kappa shape index (κ1) is 11.6. The second-order valence-electron chi connectivity index (χ2n) is 4.06. The van der Waals surface area contributed by atoms with E-state index in [0.717, 1.165) is 29.4 Å². The summed E-state index contributed by atoms with van der Waals surface area (Å²) in [5.74, 6) is -0.704. The number of aliphatic carboxylic acids is 1. The molecule has 1 aromatic carbocycles. The fourth-order valence-corrected chi connectivity index (χ4v) is 2.55. The highest BCUT2D eigenvalue weighted by Crippen LogP contribution is 2.23. The molecule has 1 heterocycles. The Morgan fingerprint density at radius 2 is 2.25 bits per heavy atom. The van der Waals surface area contributed by atoms with Gasteiger partial charge in [0.2, 0.25) is 0 Å². The van der Waals surface area contributed by atoms with E-state index in [4.69, 9.17) is 5.11 Å². The van der Waals surface area contributed by atoms with Gasteiger partial charge in [0.1, 0.15) is 6.04 Å². The molecule has 0 bridgehead atoms. The lowest BCUT2D eigenvalue weighted by molar-refractivity contribution is -0.142. The molecule has 16 heavy (non-hydrogen) atoms. The van der Waals surface area contributed by atoms with E-state index in [1.807, 2.05) is 29.2 Å². The van der Waals surface area contributed by atoms with Gasteiger partial charge < -0.3 is 5.11 Å². The zero-order valence-electron chi connectivity index (χ0n) is 8.90. The SMILES string of the molecule is O=C(O)[C@@H]1CCCN1Cc1ccccc1Br. The van der Waals surface area contributed by atoms with Crippen LogP contribution >= 0.6 is 15.9 Å². The maximum atomic E-state index is 11.0. The van der Waals surface area contributed by atoms with Crippen LogP contribution in [0.2, 0.25) is 0 Å². The number of carbonyl (C=O) groups is 1. The van der Waals surface area contributed by atoms with Crippen molar-refractivity contribution >= 4 is 21.9 Å². The fourth-order valence-electron chi connectivity index (χ4n) is 2.14. The maximum absolute atomic E-state index is 11.0. The van der Waals surface area contributed by atoms with Gasteiger partial charge in [-0.2, -0.15) is 0 Å². The van der Waals surface area contributed by atoms with Crippen molar-refractivity contribution in [3.8, 4) is 0 Å². The molecule has 0 aromatic heterocycles. The first-order valence-corrected chi connectivity index (χ1v) is 6.18. The lowest BCUT2D eigenvalue weighted by atomic mass is 10.2. The molecule has 1 aliphatic rings. The molecule has 1 aromatic rings. The quantitative estimate of drug-likeness (QED) is 0.927. The van der Waals surface area contributed by atoms with Crippen LogP contribution in [0.4, 0.5) is 0 Å². The largest absolute Gasteiger partial charge is 0.480 e. The number of rotatable bonds is 3. The van der Waals surface area contributed by atoms with Crippen LogP contribution in [0.5, 0.6) is 0 Å². The monoisotopic (exact) mass is 283 g/mol. The third-order valence-corrected chi connectivity index (χ3v) is 3.75. The highest BCUT2D eigenvalue weighted by Gasteiger charge is 2.30. The van der Waals surface area contributed by atoms with E-state index >= 15 is 0 Å². The van der Waals surface area contributed by atoms with Crippen molar-refractivity contribution in [3.63, 3.8) is 0 Å². The number of hydrogen-bond acceptors (Lipinski definition) is 2. The van der Waals surface area contributed by atoms with Gasteiger partial charge in [-0.25, -0.2) is 0 Å². The van der Waals surface area contributed by atoms with E-state index in [0.29, 0.717) is 6.54 Å². The molecule has 2 rings (SSSR count). The third-order valence-electron chi connectivity index (χ3n) is 2.98. The van der Waals surface area contributed by atoms with Gasteiger partial charge in [0.25, 0.3) is 0 Å². The highest BCUT2D eigenvalue weighted by atomic mass is 79.9. The Kier molecular flexibility index (Phi) is 3.61. The Bertz CT molecular complexity index is 394. The molecule has 0 unspecified atom stereocenters. The van der Waals surface area contributed by atoms with Gasteiger partial charge in [-0.05, 0) is 31.0 Å². The van der Waals surface area contributed by atoms with Gasteiger partial charge >= 0.3 is 5.97 Å². The molecule has 1 atom stereocenters. The topological polar surface area (TPSA) is 40.5 Å². The van der Waals surface area contributed by atoms with Gasteiger partial charge in [0.15, 0.2) is 0 Å². The van der Waals surface area contributed by atoms with Crippen LogP contribution in [0.25, 0.3) is 0 Å². The van der Waals surface area contributed by atoms with Gasteiger partial charge in [-0.3, -0.25) is 9.69 Å². The molecule has 86 valence electrons. The zero-order valence-corrected chi connectivity index (χ0v) is 10.5. The number of nitrogens with zero attached hydrogens (tertiary/aromatic N) is 1. The predicted octanol–water partition coefficient (Wildman–Crippen LogP) is 2.50. The lowest BCUT2D eigenvalue weighted by Gasteiger charge is -2.21. The minimum Gasteiger partial charge on any atom is -0.480 e. The first-order valence-electron chi connectivity index (χ1n) is 5.39. The van der Waals surface area contributed by atoms with E-state index in [1.54, 1.807) is 0 Å². The Morgan fingerprint density at radius 3 is 2.94 bits per heavy atom. The van der Waals surface area contributed by atoms with Gasteiger partial charge in [0, 0.05) is 11.0 Å². The van der Waals surface area contributed by atoms with Crippen LogP contribution in [0.3, 0.4) is 0 Å². The second-order valence-corrected chi connectivity index (χ2v) is 4.91.